The summed E-state index contributed by atoms with van der Waals surface area (Å²) in [6.45, 7) is 2.77. The summed E-state index contributed by atoms with van der Waals surface area (Å²) in [5.74, 6) is -0.310. The first-order valence-electron chi connectivity index (χ1n) is 10.5. The van der Waals surface area contributed by atoms with Crippen molar-refractivity contribution in [2.24, 2.45) is 0 Å². The van der Waals surface area contributed by atoms with Crippen LogP contribution in [0.25, 0.3) is 0 Å². The number of hydrogen-bond donors (Lipinski definition) is 2. The quantitative estimate of drug-likeness (QED) is 0.692. The SMILES string of the molecule is CN(Cc1ccccc1)CC(O)CN1C(=O)NC(C)(c2ccc3c(c2)CCC3)C1=O. The van der Waals surface area contributed by atoms with Gasteiger partial charge in [-0.25, -0.2) is 4.79 Å². The van der Waals surface area contributed by atoms with E-state index in [0.29, 0.717) is 13.1 Å². The minimum Gasteiger partial charge on any atom is -0.390 e. The molecule has 1 fully saturated rings. The van der Waals surface area contributed by atoms with Crippen LogP contribution in [-0.4, -0.2) is 53.1 Å². The zero-order valence-electron chi connectivity index (χ0n) is 17.6. The van der Waals surface area contributed by atoms with E-state index in [2.05, 4.69) is 11.4 Å². The molecule has 3 amide bonds. The van der Waals surface area contributed by atoms with E-state index in [-0.39, 0.29) is 12.5 Å². The van der Waals surface area contributed by atoms with Crippen LogP contribution in [0.3, 0.4) is 0 Å². The van der Waals surface area contributed by atoms with Crippen LogP contribution in [-0.2, 0) is 29.7 Å². The van der Waals surface area contributed by atoms with Gasteiger partial charge in [0.05, 0.1) is 12.6 Å². The number of aryl methyl sites for hydroxylation is 2. The van der Waals surface area contributed by atoms with Crippen LogP contribution in [0.4, 0.5) is 4.79 Å². The first-order chi connectivity index (χ1) is 14.4. The second kappa shape index (κ2) is 8.20. The molecule has 0 saturated carbocycles. The van der Waals surface area contributed by atoms with Crippen molar-refractivity contribution in [1.82, 2.24) is 15.1 Å². The molecule has 1 aliphatic heterocycles. The molecule has 4 rings (SSSR count). The Bertz CT molecular complexity index is 946. The minimum absolute atomic E-state index is 0.0235. The van der Waals surface area contributed by atoms with E-state index in [1.54, 1.807) is 6.92 Å². The number of nitrogens with zero attached hydrogens (tertiary/aromatic N) is 2. The van der Waals surface area contributed by atoms with Gasteiger partial charge in [-0.15, -0.1) is 0 Å². The maximum atomic E-state index is 13.2. The molecule has 0 spiro atoms. The smallest absolute Gasteiger partial charge is 0.325 e. The molecule has 6 heteroatoms. The molecule has 2 aromatic rings. The van der Waals surface area contributed by atoms with Gasteiger partial charge in [-0.2, -0.15) is 0 Å². The molecule has 158 valence electrons. The number of carbonyl (C=O) groups is 2. The summed E-state index contributed by atoms with van der Waals surface area (Å²) < 4.78 is 0. The zero-order valence-corrected chi connectivity index (χ0v) is 17.6. The monoisotopic (exact) mass is 407 g/mol. The summed E-state index contributed by atoms with van der Waals surface area (Å²) in [5.41, 5.74) is 3.44. The lowest BCUT2D eigenvalue weighted by Crippen LogP contribution is -2.44. The van der Waals surface area contributed by atoms with Crippen molar-refractivity contribution >= 4 is 11.9 Å². The van der Waals surface area contributed by atoms with Gasteiger partial charge in [0.1, 0.15) is 5.54 Å². The minimum atomic E-state index is -1.09. The maximum Gasteiger partial charge on any atom is 0.325 e. The van der Waals surface area contributed by atoms with Gasteiger partial charge in [0, 0.05) is 13.1 Å². The first kappa shape index (κ1) is 20.6. The molecule has 1 saturated heterocycles. The summed E-state index contributed by atoms with van der Waals surface area (Å²) in [6, 6.07) is 15.6. The summed E-state index contributed by atoms with van der Waals surface area (Å²) in [5, 5.41) is 13.4. The molecule has 30 heavy (non-hydrogen) atoms. The largest absolute Gasteiger partial charge is 0.390 e. The number of benzene rings is 2. The van der Waals surface area contributed by atoms with Gasteiger partial charge in [-0.1, -0.05) is 48.5 Å². The second-order valence-electron chi connectivity index (χ2n) is 8.64. The fourth-order valence-corrected chi connectivity index (χ4v) is 4.53. The first-order valence-corrected chi connectivity index (χ1v) is 10.5. The van der Waals surface area contributed by atoms with Crippen molar-refractivity contribution < 1.29 is 14.7 Å². The van der Waals surface area contributed by atoms with Crippen LogP contribution in [0.2, 0.25) is 0 Å². The number of amides is 3. The Morgan fingerprint density at radius 2 is 1.87 bits per heavy atom. The molecule has 2 atom stereocenters. The van der Waals surface area contributed by atoms with E-state index in [4.69, 9.17) is 0 Å². The highest BCUT2D eigenvalue weighted by Crippen LogP contribution is 2.32. The lowest BCUT2D eigenvalue weighted by molar-refractivity contribution is -0.132. The third-order valence-corrected chi connectivity index (χ3v) is 6.16. The van der Waals surface area contributed by atoms with E-state index in [1.807, 2.05) is 54.4 Å². The normalized spacial score (nSPS) is 21.8. The highest BCUT2D eigenvalue weighted by atomic mass is 16.3. The fourth-order valence-electron chi connectivity index (χ4n) is 4.53. The number of carbonyl (C=O) groups excluding carboxylic acids is 2. The number of β-amino-alcohol motifs (C(OH)–C–C–N with tert-alkyl or cyclic N) is 1. The van der Waals surface area contributed by atoms with Crippen molar-refractivity contribution in [2.75, 3.05) is 20.1 Å². The Labute approximate surface area is 177 Å². The highest BCUT2D eigenvalue weighted by molar-refractivity contribution is 6.07. The number of fused-ring (bicyclic) bond motifs is 1. The van der Waals surface area contributed by atoms with Crippen LogP contribution in [0.5, 0.6) is 0 Å². The molecule has 1 aliphatic carbocycles. The van der Waals surface area contributed by atoms with Gasteiger partial charge >= 0.3 is 6.03 Å². The predicted octanol–water partition coefficient (Wildman–Crippen LogP) is 2.44. The lowest BCUT2D eigenvalue weighted by Gasteiger charge is -2.25. The molecule has 6 nitrogen and oxygen atoms in total. The molecule has 0 aromatic heterocycles. The fraction of sp³-hybridized carbons (Fsp3) is 0.417. The Morgan fingerprint density at radius 3 is 2.63 bits per heavy atom. The summed E-state index contributed by atoms with van der Waals surface area (Å²) in [4.78, 5) is 28.9. The average molecular weight is 408 g/mol. The zero-order chi connectivity index (χ0) is 21.3. The van der Waals surface area contributed by atoms with Crippen molar-refractivity contribution in [3.8, 4) is 0 Å². The van der Waals surface area contributed by atoms with E-state index < -0.39 is 17.7 Å². The van der Waals surface area contributed by atoms with Crippen molar-refractivity contribution in [3.05, 3.63) is 70.8 Å². The van der Waals surface area contributed by atoms with Crippen molar-refractivity contribution in [2.45, 2.75) is 44.4 Å². The molecular weight excluding hydrogens is 378 g/mol. The number of urea groups is 1. The van der Waals surface area contributed by atoms with Gasteiger partial charge in [0.2, 0.25) is 0 Å². The highest BCUT2D eigenvalue weighted by Gasteiger charge is 2.49. The Morgan fingerprint density at radius 1 is 1.13 bits per heavy atom. The van der Waals surface area contributed by atoms with E-state index in [0.717, 1.165) is 35.3 Å². The number of imide groups is 1. The van der Waals surface area contributed by atoms with E-state index in [1.165, 1.54) is 11.1 Å². The van der Waals surface area contributed by atoms with Gasteiger partial charge in [0.25, 0.3) is 5.91 Å². The second-order valence-corrected chi connectivity index (χ2v) is 8.64. The van der Waals surface area contributed by atoms with Crippen LogP contribution >= 0.6 is 0 Å². The van der Waals surface area contributed by atoms with E-state index >= 15 is 0 Å². The third kappa shape index (κ3) is 3.98. The molecule has 2 N–H and O–H groups in total. The van der Waals surface area contributed by atoms with Gasteiger partial charge in [-0.05, 0) is 55.5 Å². The van der Waals surface area contributed by atoms with Gasteiger partial charge in [0.15, 0.2) is 0 Å². The van der Waals surface area contributed by atoms with Crippen LogP contribution in [0.1, 0.15) is 35.6 Å². The molecule has 0 radical (unpaired) electrons. The Hall–Kier alpha value is -2.70. The van der Waals surface area contributed by atoms with Crippen molar-refractivity contribution in [3.63, 3.8) is 0 Å². The molecule has 2 aromatic carbocycles. The topological polar surface area (TPSA) is 72.9 Å². The Balaban J connectivity index is 1.41. The number of aliphatic hydroxyl groups excluding tert-OH is 1. The van der Waals surface area contributed by atoms with Crippen LogP contribution in [0.15, 0.2) is 48.5 Å². The summed E-state index contributed by atoms with van der Waals surface area (Å²) in [6.07, 6.45) is 2.39. The molecule has 0 bridgehead atoms. The van der Waals surface area contributed by atoms with Crippen LogP contribution in [0, 0.1) is 0 Å². The average Bonchev–Trinajstić information content (AvgIpc) is 3.27. The summed E-state index contributed by atoms with van der Waals surface area (Å²) >= 11 is 0. The number of rotatable bonds is 7. The van der Waals surface area contributed by atoms with Crippen molar-refractivity contribution in [1.29, 1.82) is 0 Å². The molecular formula is C24H29N3O3. The predicted molar refractivity (Wildman–Crippen MR) is 115 cm³/mol. The molecule has 2 aliphatic rings. The summed E-state index contributed by atoms with van der Waals surface area (Å²) in [7, 11) is 1.91. The van der Waals surface area contributed by atoms with E-state index in [9.17, 15) is 14.7 Å². The molecule has 2 unspecified atom stereocenters. The number of aliphatic hydroxyl groups is 1. The number of likely N-dealkylation sites (N-methyl/N-ethyl adjacent to an activating group) is 1. The number of nitrogens with one attached hydrogen (secondary N) is 1. The maximum absolute atomic E-state index is 13.2. The molecule has 1 heterocycles. The van der Waals surface area contributed by atoms with Gasteiger partial charge in [-0.3, -0.25) is 14.6 Å². The van der Waals surface area contributed by atoms with Crippen LogP contribution < -0.4 is 5.32 Å². The standard InChI is InChI=1S/C24H29N3O3/c1-24(20-12-11-18-9-6-10-19(18)13-20)22(29)27(23(30)25-24)16-21(28)15-26(2)14-17-7-4-3-5-8-17/h3-5,7-8,11-13,21,28H,6,9-10,14-16H2,1-2H3,(H,25,30). The lowest BCUT2D eigenvalue weighted by atomic mass is 9.89. The van der Waals surface area contributed by atoms with Gasteiger partial charge < -0.3 is 10.4 Å². The third-order valence-electron chi connectivity index (χ3n) is 6.16. The Kier molecular flexibility index (Phi) is 5.62. The number of hydrogen-bond acceptors (Lipinski definition) is 4.